The molecule has 0 spiro atoms. The zero-order valence-electron chi connectivity index (χ0n) is 18.3. The highest BCUT2D eigenvalue weighted by Gasteiger charge is 2.33. The molecule has 0 aromatic rings. The summed E-state index contributed by atoms with van der Waals surface area (Å²) < 4.78 is 62.7. The first-order valence-electron chi connectivity index (χ1n) is 12.0. The van der Waals surface area contributed by atoms with Gasteiger partial charge in [0.25, 0.3) is 0 Å². The molecule has 30 heavy (non-hydrogen) atoms. The Kier molecular flexibility index (Phi) is 9.06. The predicted molar refractivity (Wildman–Crippen MR) is 109 cm³/mol. The molecule has 0 N–H and O–H groups in total. The van der Waals surface area contributed by atoms with E-state index in [0.29, 0.717) is 24.7 Å². The van der Waals surface area contributed by atoms with E-state index in [1.807, 2.05) is 0 Å². The molecule has 174 valence electrons. The third kappa shape index (κ3) is 7.51. The average Bonchev–Trinajstić information content (AvgIpc) is 2.73. The minimum absolute atomic E-state index is 0.155. The van der Waals surface area contributed by atoms with E-state index in [9.17, 15) is 17.6 Å². The van der Waals surface area contributed by atoms with Gasteiger partial charge in [0, 0.05) is 11.8 Å². The summed E-state index contributed by atoms with van der Waals surface area (Å²) in [5.41, 5.74) is 0. The SMILES string of the molecule is CCCC1CCC(C2COC(CCC3CCC(/C(F)=C/C(F)(F)F)CC3)OC2)CC1. The molecule has 3 fully saturated rings. The Labute approximate surface area is 178 Å². The number of halogens is 4. The topological polar surface area (TPSA) is 18.5 Å². The Morgan fingerprint density at radius 2 is 1.37 bits per heavy atom. The van der Waals surface area contributed by atoms with Gasteiger partial charge in [-0.25, -0.2) is 4.39 Å². The summed E-state index contributed by atoms with van der Waals surface area (Å²) in [7, 11) is 0. The average molecular weight is 435 g/mol. The van der Waals surface area contributed by atoms with Crippen molar-refractivity contribution in [1.82, 2.24) is 0 Å². The molecular weight excluding hydrogens is 396 g/mol. The van der Waals surface area contributed by atoms with E-state index >= 15 is 0 Å². The lowest BCUT2D eigenvalue weighted by molar-refractivity contribution is -0.213. The van der Waals surface area contributed by atoms with Crippen molar-refractivity contribution in [3.8, 4) is 0 Å². The van der Waals surface area contributed by atoms with E-state index in [4.69, 9.17) is 9.47 Å². The van der Waals surface area contributed by atoms with Gasteiger partial charge in [0.05, 0.1) is 19.3 Å². The van der Waals surface area contributed by atoms with E-state index in [1.54, 1.807) is 0 Å². The van der Waals surface area contributed by atoms with Crippen molar-refractivity contribution in [2.45, 2.75) is 96.4 Å². The molecule has 0 aromatic heterocycles. The first-order chi connectivity index (χ1) is 14.3. The second-order valence-corrected chi connectivity index (χ2v) is 9.79. The van der Waals surface area contributed by atoms with Crippen molar-refractivity contribution in [3.63, 3.8) is 0 Å². The Morgan fingerprint density at radius 3 is 1.93 bits per heavy atom. The molecule has 1 heterocycles. The number of hydrogen-bond acceptors (Lipinski definition) is 2. The van der Waals surface area contributed by atoms with Crippen LogP contribution in [0.25, 0.3) is 0 Å². The van der Waals surface area contributed by atoms with Gasteiger partial charge in [-0.1, -0.05) is 32.6 Å². The summed E-state index contributed by atoms with van der Waals surface area (Å²) in [4.78, 5) is 0. The molecule has 1 aliphatic heterocycles. The molecule has 0 radical (unpaired) electrons. The molecule has 3 rings (SSSR count). The summed E-state index contributed by atoms with van der Waals surface area (Å²) in [6.45, 7) is 3.84. The highest BCUT2D eigenvalue weighted by molar-refractivity contribution is 5.03. The molecular formula is C24H38F4O2. The summed E-state index contributed by atoms with van der Waals surface area (Å²) in [6.07, 6.45) is 7.37. The number of alkyl halides is 3. The van der Waals surface area contributed by atoms with Gasteiger partial charge >= 0.3 is 6.18 Å². The Hall–Kier alpha value is -0.620. The number of allylic oxidation sites excluding steroid dienone is 2. The van der Waals surface area contributed by atoms with Crippen molar-refractivity contribution >= 4 is 0 Å². The smallest absolute Gasteiger partial charge is 0.352 e. The minimum atomic E-state index is -4.57. The van der Waals surface area contributed by atoms with Crippen LogP contribution in [-0.4, -0.2) is 25.7 Å². The van der Waals surface area contributed by atoms with Crippen LogP contribution in [0.1, 0.15) is 84.0 Å². The second kappa shape index (κ2) is 11.3. The molecule has 2 saturated carbocycles. The van der Waals surface area contributed by atoms with Crippen LogP contribution in [-0.2, 0) is 9.47 Å². The van der Waals surface area contributed by atoms with Crippen LogP contribution >= 0.6 is 0 Å². The molecule has 2 aliphatic carbocycles. The maximum absolute atomic E-state index is 13.7. The summed E-state index contributed by atoms with van der Waals surface area (Å²) in [6, 6.07) is 0. The van der Waals surface area contributed by atoms with Crippen LogP contribution in [0, 0.1) is 29.6 Å². The van der Waals surface area contributed by atoms with E-state index in [-0.39, 0.29) is 12.4 Å². The fourth-order valence-corrected chi connectivity index (χ4v) is 5.73. The van der Waals surface area contributed by atoms with Crippen molar-refractivity contribution in [1.29, 1.82) is 0 Å². The third-order valence-corrected chi connectivity index (χ3v) is 7.60. The predicted octanol–water partition coefficient (Wildman–Crippen LogP) is 7.58. The highest BCUT2D eigenvalue weighted by atomic mass is 19.4. The Bertz CT molecular complexity index is 524. The monoisotopic (exact) mass is 434 g/mol. The van der Waals surface area contributed by atoms with Gasteiger partial charge in [0.15, 0.2) is 6.29 Å². The van der Waals surface area contributed by atoms with E-state index in [1.165, 1.54) is 38.5 Å². The van der Waals surface area contributed by atoms with Crippen LogP contribution in [0.4, 0.5) is 17.6 Å². The Balaban J connectivity index is 1.30. The molecule has 0 atom stereocenters. The van der Waals surface area contributed by atoms with Crippen LogP contribution in [0.2, 0.25) is 0 Å². The minimum Gasteiger partial charge on any atom is -0.352 e. The second-order valence-electron chi connectivity index (χ2n) is 9.79. The standard InChI is InChI=1S/C24H38F4O2/c1-2-3-17-4-9-19(10-5-17)21-15-29-23(30-16-21)13-8-18-6-11-20(12-7-18)22(25)14-24(26,27)28/h14,17-21,23H,2-13,15-16H2,1H3/b22-14-. The normalized spacial score (nSPS) is 36.6. The van der Waals surface area contributed by atoms with E-state index < -0.39 is 17.9 Å². The molecule has 6 heteroatoms. The lowest BCUT2D eigenvalue weighted by atomic mass is 9.75. The van der Waals surface area contributed by atoms with Crippen LogP contribution in [0.3, 0.4) is 0 Å². The van der Waals surface area contributed by atoms with Crippen molar-refractivity contribution in [2.24, 2.45) is 29.6 Å². The third-order valence-electron chi connectivity index (χ3n) is 7.60. The van der Waals surface area contributed by atoms with Gasteiger partial charge in [0.1, 0.15) is 5.83 Å². The zero-order chi connectivity index (χ0) is 21.6. The fraction of sp³-hybridized carbons (Fsp3) is 0.917. The van der Waals surface area contributed by atoms with E-state index in [2.05, 4.69) is 6.92 Å². The first-order valence-corrected chi connectivity index (χ1v) is 12.0. The van der Waals surface area contributed by atoms with Crippen LogP contribution in [0.15, 0.2) is 11.9 Å². The molecule has 2 nitrogen and oxygen atoms in total. The molecule has 0 bridgehead atoms. The summed E-state index contributed by atoms with van der Waals surface area (Å²) in [5, 5.41) is 0. The summed E-state index contributed by atoms with van der Waals surface area (Å²) in [5.74, 6) is 1.01. The highest BCUT2D eigenvalue weighted by Crippen LogP contribution is 2.39. The fourth-order valence-electron chi connectivity index (χ4n) is 5.73. The number of rotatable bonds is 7. The molecule has 3 aliphatic rings. The lowest BCUT2D eigenvalue weighted by Crippen LogP contribution is -2.37. The van der Waals surface area contributed by atoms with Crippen LogP contribution < -0.4 is 0 Å². The quantitative estimate of drug-likeness (QED) is 0.384. The zero-order valence-corrected chi connectivity index (χ0v) is 18.3. The van der Waals surface area contributed by atoms with Crippen molar-refractivity contribution in [3.05, 3.63) is 11.9 Å². The molecule has 0 aromatic carbocycles. The van der Waals surface area contributed by atoms with Gasteiger partial charge in [-0.3, -0.25) is 0 Å². The largest absolute Gasteiger partial charge is 0.412 e. The van der Waals surface area contributed by atoms with Crippen molar-refractivity contribution in [2.75, 3.05) is 13.2 Å². The number of hydrogen-bond donors (Lipinski definition) is 0. The maximum Gasteiger partial charge on any atom is 0.412 e. The summed E-state index contributed by atoms with van der Waals surface area (Å²) >= 11 is 0. The van der Waals surface area contributed by atoms with E-state index in [0.717, 1.165) is 50.7 Å². The van der Waals surface area contributed by atoms with Gasteiger partial charge < -0.3 is 9.47 Å². The molecule has 1 saturated heterocycles. The van der Waals surface area contributed by atoms with Crippen LogP contribution in [0.5, 0.6) is 0 Å². The maximum atomic E-state index is 13.7. The van der Waals surface area contributed by atoms with Gasteiger partial charge in [-0.05, 0) is 69.1 Å². The van der Waals surface area contributed by atoms with Gasteiger partial charge in [0.2, 0.25) is 0 Å². The van der Waals surface area contributed by atoms with Gasteiger partial charge in [-0.2, -0.15) is 13.2 Å². The lowest BCUT2D eigenvalue weighted by Gasteiger charge is -2.38. The molecule has 0 unspecified atom stereocenters. The number of ether oxygens (including phenoxy) is 2. The van der Waals surface area contributed by atoms with Gasteiger partial charge in [-0.15, -0.1) is 0 Å². The first kappa shape index (κ1) is 24.0. The molecule has 0 amide bonds. The van der Waals surface area contributed by atoms with Crippen molar-refractivity contribution < 1.29 is 27.0 Å². The Morgan fingerprint density at radius 1 is 0.800 bits per heavy atom.